The van der Waals surface area contributed by atoms with Gasteiger partial charge in [0.15, 0.2) is 5.16 Å². The second-order valence-electron chi connectivity index (χ2n) is 7.09. The third kappa shape index (κ3) is 4.51. The standard InChI is InChI=1S/C20H26N4O2S/c1-6-11-24-18(26)15-9-7-8-10-16(15)22-19(24)27-14(4)17(25)23-20(5,12-21)13(2)3/h7-10,13-14H,6,11H2,1-5H3,(H,23,25)/t14-,20-/m0/s1. The lowest BCUT2D eigenvalue weighted by atomic mass is 9.90. The van der Waals surface area contributed by atoms with Crippen molar-refractivity contribution in [3.8, 4) is 6.07 Å². The van der Waals surface area contributed by atoms with Gasteiger partial charge in [-0.3, -0.25) is 14.2 Å². The monoisotopic (exact) mass is 386 g/mol. The largest absolute Gasteiger partial charge is 0.337 e. The maximum Gasteiger partial charge on any atom is 0.262 e. The molecule has 0 aliphatic heterocycles. The molecular formula is C20H26N4O2S. The number of amides is 1. The maximum atomic E-state index is 12.8. The summed E-state index contributed by atoms with van der Waals surface area (Å²) in [7, 11) is 0. The van der Waals surface area contributed by atoms with Crippen LogP contribution in [0.4, 0.5) is 0 Å². The number of nitrogens with one attached hydrogen (secondary N) is 1. The van der Waals surface area contributed by atoms with Crippen LogP contribution in [-0.4, -0.2) is 26.2 Å². The molecule has 0 radical (unpaired) electrons. The zero-order valence-electron chi connectivity index (χ0n) is 16.4. The molecule has 0 fully saturated rings. The Hall–Kier alpha value is -2.33. The van der Waals surface area contributed by atoms with Crippen molar-refractivity contribution in [3.63, 3.8) is 0 Å². The zero-order valence-corrected chi connectivity index (χ0v) is 17.3. The molecule has 1 heterocycles. The van der Waals surface area contributed by atoms with E-state index in [2.05, 4.69) is 16.4 Å². The van der Waals surface area contributed by atoms with Gasteiger partial charge in [-0.2, -0.15) is 5.26 Å². The topological polar surface area (TPSA) is 87.8 Å². The first-order chi connectivity index (χ1) is 12.7. The molecule has 2 atom stereocenters. The summed E-state index contributed by atoms with van der Waals surface area (Å²) < 4.78 is 1.63. The molecule has 1 aromatic heterocycles. The molecule has 0 saturated carbocycles. The van der Waals surface area contributed by atoms with Gasteiger partial charge in [-0.05, 0) is 38.3 Å². The summed E-state index contributed by atoms with van der Waals surface area (Å²) in [6.45, 7) is 9.79. The number of hydrogen-bond donors (Lipinski definition) is 1. The van der Waals surface area contributed by atoms with Crippen molar-refractivity contribution in [1.82, 2.24) is 14.9 Å². The molecule has 7 heteroatoms. The van der Waals surface area contributed by atoms with Gasteiger partial charge >= 0.3 is 0 Å². The predicted octanol–water partition coefficient (Wildman–Crippen LogP) is 3.34. The fraction of sp³-hybridized carbons (Fsp3) is 0.500. The summed E-state index contributed by atoms with van der Waals surface area (Å²) in [6, 6.07) is 9.40. The first kappa shape index (κ1) is 21.0. The van der Waals surface area contributed by atoms with Crippen LogP contribution in [0.5, 0.6) is 0 Å². The van der Waals surface area contributed by atoms with Crippen LogP contribution >= 0.6 is 11.8 Å². The van der Waals surface area contributed by atoms with Crippen LogP contribution in [0.2, 0.25) is 0 Å². The average Bonchev–Trinajstić information content (AvgIpc) is 2.64. The summed E-state index contributed by atoms with van der Waals surface area (Å²) in [4.78, 5) is 30.1. The van der Waals surface area contributed by atoms with Gasteiger partial charge < -0.3 is 5.32 Å². The summed E-state index contributed by atoms with van der Waals surface area (Å²) in [5.74, 6) is -0.274. The van der Waals surface area contributed by atoms with Crippen molar-refractivity contribution in [3.05, 3.63) is 34.6 Å². The minimum absolute atomic E-state index is 0.0271. The Bertz CT molecular complexity index is 932. The summed E-state index contributed by atoms with van der Waals surface area (Å²) in [6.07, 6.45) is 0.786. The van der Waals surface area contributed by atoms with Crippen molar-refractivity contribution in [2.45, 2.75) is 63.5 Å². The van der Waals surface area contributed by atoms with E-state index in [0.717, 1.165) is 6.42 Å². The first-order valence-electron chi connectivity index (χ1n) is 9.13. The van der Waals surface area contributed by atoms with E-state index < -0.39 is 10.8 Å². The molecule has 2 aromatic rings. The molecule has 0 bridgehead atoms. The van der Waals surface area contributed by atoms with Crippen LogP contribution < -0.4 is 10.9 Å². The average molecular weight is 387 g/mol. The minimum atomic E-state index is -0.939. The van der Waals surface area contributed by atoms with E-state index in [1.165, 1.54) is 11.8 Å². The summed E-state index contributed by atoms with van der Waals surface area (Å²) in [5, 5.41) is 12.8. The Morgan fingerprint density at radius 1 is 1.37 bits per heavy atom. The molecule has 144 valence electrons. The Morgan fingerprint density at radius 3 is 2.63 bits per heavy atom. The van der Waals surface area contributed by atoms with Crippen molar-refractivity contribution in [1.29, 1.82) is 5.26 Å². The van der Waals surface area contributed by atoms with Gasteiger partial charge in [-0.25, -0.2) is 4.98 Å². The Morgan fingerprint density at radius 2 is 2.04 bits per heavy atom. The second-order valence-corrected chi connectivity index (χ2v) is 8.39. The number of carbonyl (C=O) groups excluding carboxylic acids is 1. The third-order valence-corrected chi connectivity index (χ3v) is 5.79. The smallest absolute Gasteiger partial charge is 0.262 e. The van der Waals surface area contributed by atoms with Crippen molar-refractivity contribution in [2.24, 2.45) is 5.92 Å². The molecule has 0 saturated heterocycles. The molecule has 0 aliphatic carbocycles. The minimum Gasteiger partial charge on any atom is -0.337 e. The van der Waals surface area contributed by atoms with Crippen molar-refractivity contribution < 1.29 is 4.79 Å². The number of para-hydroxylation sites is 1. The number of hydrogen-bond acceptors (Lipinski definition) is 5. The highest BCUT2D eigenvalue weighted by Gasteiger charge is 2.32. The number of aromatic nitrogens is 2. The van der Waals surface area contributed by atoms with Gasteiger partial charge in [-0.15, -0.1) is 0 Å². The van der Waals surface area contributed by atoms with E-state index in [-0.39, 0.29) is 17.4 Å². The van der Waals surface area contributed by atoms with E-state index in [1.807, 2.05) is 32.9 Å². The van der Waals surface area contributed by atoms with Crippen LogP contribution in [-0.2, 0) is 11.3 Å². The fourth-order valence-corrected chi connectivity index (χ4v) is 3.46. The lowest BCUT2D eigenvalue weighted by Crippen LogP contribution is -2.51. The highest BCUT2D eigenvalue weighted by atomic mass is 32.2. The van der Waals surface area contributed by atoms with E-state index in [1.54, 1.807) is 30.5 Å². The predicted molar refractivity (Wildman–Crippen MR) is 109 cm³/mol. The number of nitriles is 1. The Labute approximate surface area is 164 Å². The van der Waals surface area contributed by atoms with E-state index in [4.69, 9.17) is 0 Å². The number of fused-ring (bicyclic) bond motifs is 1. The molecule has 2 rings (SSSR count). The molecule has 0 spiro atoms. The first-order valence-corrected chi connectivity index (χ1v) is 10.0. The second kappa shape index (κ2) is 8.57. The third-order valence-electron chi connectivity index (χ3n) is 4.70. The summed E-state index contributed by atoms with van der Waals surface area (Å²) in [5.41, 5.74) is -0.415. The quantitative estimate of drug-likeness (QED) is 0.582. The van der Waals surface area contributed by atoms with E-state index in [0.29, 0.717) is 22.6 Å². The fourth-order valence-electron chi connectivity index (χ4n) is 2.53. The molecule has 0 unspecified atom stereocenters. The van der Waals surface area contributed by atoms with Gasteiger partial charge in [0.2, 0.25) is 5.91 Å². The van der Waals surface area contributed by atoms with Crippen LogP contribution in [0.3, 0.4) is 0 Å². The molecule has 27 heavy (non-hydrogen) atoms. The van der Waals surface area contributed by atoms with Crippen LogP contribution in [0.15, 0.2) is 34.2 Å². The molecule has 6 nitrogen and oxygen atoms in total. The molecule has 1 aromatic carbocycles. The van der Waals surface area contributed by atoms with Gasteiger partial charge in [0.25, 0.3) is 5.56 Å². The highest BCUT2D eigenvalue weighted by Crippen LogP contribution is 2.24. The van der Waals surface area contributed by atoms with E-state index >= 15 is 0 Å². The van der Waals surface area contributed by atoms with Crippen LogP contribution in [0, 0.1) is 17.2 Å². The van der Waals surface area contributed by atoms with Crippen molar-refractivity contribution in [2.75, 3.05) is 0 Å². The number of benzene rings is 1. The highest BCUT2D eigenvalue weighted by molar-refractivity contribution is 8.00. The van der Waals surface area contributed by atoms with Crippen LogP contribution in [0.1, 0.15) is 41.0 Å². The SMILES string of the molecule is CCCn1c(S[C@@H](C)C(=O)N[C@@](C)(C#N)C(C)C)nc2ccccc2c1=O. The van der Waals surface area contributed by atoms with Crippen molar-refractivity contribution >= 4 is 28.6 Å². The molecule has 0 aliphatic rings. The molecule has 1 N–H and O–H groups in total. The van der Waals surface area contributed by atoms with Crippen LogP contribution in [0.25, 0.3) is 10.9 Å². The Kier molecular flexibility index (Phi) is 6.66. The number of thioether (sulfide) groups is 1. The number of nitrogens with zero attached hydrogens (tertiary/aromatic N) is 3. The van der Waals surface area contributed by atoms with Gasteiger partial charge in [-0.1, -0.05) is 44.7 Å². The lowest BCUT2D eigenvalue weighted by molar-refractivity contribution is -0.121. The van der Waals surface area contributed by atoms with Gasteiger partial charge in [0.1, 0.15) is 5.54 Å². The number of rotatable bonds is 7. The lowest BCUT2D eigenvalue weighted by Gasteiger charge is -2.28. The van der Waals surface area contributed by atoms with Gasteiger partial charge in [0, 0.05) is 6.54 Å². The van der Waals surface area contributed by atoms with E-state index in [9.17, 15) is 14.9 Å². The summed E-state index contributed by atoms with van der Waals surface area (Å²) >= 11 is 1.24. The normalized spacial score (nSPS) is 14.6. The Balaban J connectivity index is 2.34. The molecule has 1 amide bonds. The van der Waals surface area contributed by atoms with Gasteiger partial charge in [0.05, 0.1) is 22.2 Å². The number of carbonyl (C=O) groups is 1. The zero-order chi connectivity index (χ0) is 20.2. The maximum absolute atomic E-state index is 12.8. The molecular weight excluding hydrogens is 360 g/mol.